The predicted molar refractivity (Wildman–Crippen MR) is 94.0 cm³/mol. The summed E-state index contributed by atoms with van der Waals surface area (Å²) in [6.07, 6.45) is 5.47. The Morgan fingerprint density at radius 1 is 1.09 bits per heavy atom. The van der Waals surface area contributed by atoms with Crippen molar-refractivity contribution < 1.29 is 14.3 Å². The van der Waals surface area contributed by atoms with E-state index in [-0.39, 0.29) is 5.41 Å². The van der Waals surface area contributed by atoms with Crippen molar-refractivity contribution in [3.63, 3.8) is 0 Å². The van der Waals surface area contributed by atoms with E-state index < -0.39 is 8.60 Å². The van der Waals surface area contributed by atoms with E-state index in [1.165, 1.54) is 30.4 Å². The van der Waals surface area contributed by atoms with Crippen molar-refractivity contribution in [3.05, 3.63) is 35.4 Å². The number of hydrogen-bond donors (Lipinski definition) is 2. The lowest BCUT2D eigenvalue weighted by molar-refractivity contribution is 0.246. The molecule has 0 amide bonds. The largest absolute Gasteiger partial charge is 0.328 e. The minimum Gasteiger partial charge on any atom is -0.328 e. The molecule has 1 aromatic rings. The molecule has 126 valence electrons. The van der Waals surface area contributed by atoms with Gasteiger partial charge in [0.2, 0.25) is 0 Å². The zero-order chi connectivity index (χ0) is 16.6. The summed E-state index contributed by atoms with van der Waals surface area (Å²) >= 11 is 0. The van der Waals surface area contributed by atoms with Crippen LogP contribution in [0, 0.1) is 0 Å². The summed E-state index contributed by atoms with van der Waals surface area (Å²) in [5.74, 6) is 0.516. The quantitative estimate of drug-likeness (QED) is 0.480. The van der Waals surface area contributed by atoms with Crippen LogP contribution in [-0.4, -0.2) is 16.4 Å². The molecule has 0 fully saturated rings. The molecule has 3 nitrogen and oxygen atoms in total. The van der Waals surface area contributed by atoms with Crippen LogP contribution in [0.2, 0.25) is 0 Å². The first-order chi connectivity index (χ1) is 10.4. The van der Waals surface area contributed by atoms with Crippen LogP contribution in [0.1, 0.15) is 76.8 Å². The normalized spacial score (nSPS) is 13.6. The van der Waals surface area contributed by atoms with Crippen molar-refractivity contribution in [1.29, 1.82) is 0 Å². The van der Waals surface area contributed by atoms with E-state index in [2.05, 4.69) is 52.0 Å². The summed E-state index contributed by atoms with van der Waals surface area (Å²) in [6, 6.07) is 8.74. The fourth-order valence-corrected chi connectivity index (χ4v) is 3.21. The zero-order valence-electron chi connectivity index (χ0n) is 14.4. The Kier molecular flexibility index (Phi) is 8.56. The van der Waals surface area contributed by atoms with Gasteiger partial charge in [-0.25, -0.2) is 0 Å². The molecule has 1 unspecified atom stereocenters. The first-order valence-corrected chi connectivity index (χ1v) is 9.43. The van der Waals surface area contributed by atoms with Crippen LogP contribution in [0.5, 0.6) is 0 Å². The van der Waals surface area contributed by atoms with Crippen molar-refractivity contribution in [3.8, 4) is 0 Å². The maximum absolute atomic E-state index is 8.82. The predicted octanol–water partition coefficient (Wildman–Crippen LogP) is 5.27. The van der Waals surface area contributed by atoms with Gasteiger partial charge < -0.3 is 14.3 Å². The SMILES string of the molecule is CCCCC(CCCOP(O)O)c1ccccc1C(C)(C)C. The highest BCUT2D eigenvalue weighted by molar-refractivity contribution is 7.39. The first kappa shape index (κ1) is 19.6. The molecule has 0 heterocycles. The second-order valence-electron chi connectivity index (χ2n) is 6.90. The molecule has 0 bridgehead atoms. The van der Waals surface area contributed by atoms with Crippen LogP contribution < -0.4 is 0 Å². The summed E-state index contributed by atoms with van der Waals surface area (Å²) in [5.41, 5.74) is 3.00. The molecule has 0 spiro atoms. The molecule has 0 aliphatic carbocycles. The van der Waals surface area contributed by atoms with E-state index in [0.29, 0.717) is 12.5 Å². The molecule has 22 heavy (non-hydrogen) atoms. The van der Waals surface area contributed by atoms with Crippen molar-refractivity contribution in [2.24, 2.45) is 0 Å². The van der Waals surface area contributed by atoms with Gasteiger partial charge in [0, 0.05) is 0 Å². The maximum Gasteiger partial charge on any atom is 0.327 e. The van der Waals surface area contributed by atoms with Crippen LogP contribution in [-0.2, 0) is 9.94 Å². The first-order valence-electron chi connectivity index (χ1n) is 8.26. The van der Waals surface area contributed by atoms with E-state index in [9.17, 15) is 0 Å². The Morgan fingerprint density at radius 2 is 1.73 bits per heavy atom. The topological polar surface area (TPSA) is 49.7 Å². The maximum atomic E-state index is 8.82. The summed E-state index contributed by atoms with van der Waals surface area (Å²) in [6.45, 7) is 9.42. The van der Waals surface area contributed by atoms with Crippen molar-refractivity contribution in [1.82, 2.24) is 0 Å². The van der Waals surface area contributed by atoms with Gasteiger partial charge in [-0.05, 0) is 41.7 Å². The molecule has 0 aliphatic rings. The minimum absolute atomic E-state index is 0.141. The Labute approximate surface area is 136 Å². The smallest absolute Gasteiger partial charge is 0.327 e. The minimum atomic E-state index is -2.22. The third-order valence-electron chi connectivity index (χ3n) is 4.02. The van der Waals surface area contributed by atoms with Crippen LogP contribution in [0.3, 0.4) is 0 Å². The average molecular weight is 326 g/mol. The lowest BCUT2D eigenvalue weighted by Crippen LogP contribution is -2.16. The van der Waals surface area contributed by atoms with Gasteiger partial charge in [-0.15, -0.1) is 0 Å². The van der Waals surface area contributed by atoms with Gasteiger partial charge in [0.15, 0.2) is 0 Å². The Hall–Kier alpha value is -0.470. The fraction of sp³-hybridized carbons (Fsp3) is 0.667. The number of hydrogen-bond acceptors (Lipinski definition) is 3. The molecule has 0 saturated carbocycles. The highest BCUT2D eigenvalue weighted by atomic mass is 31.2. The lowest BCUT2D eigenvalue weighted by atomic mass is 9.77. The van der Waals surface area contributed by atoms with Gasteiger partial charge >= 0.3 is 8.60 Å². The molecule has 4 heteroatoms. The summed E-state index contributed by atoms with van der Waals surface area (Å²) in [7, 11) is -2.22. The second-order valence-corrected chi connectivity index (χ2v) is 7.67. The molecule has 0 radical (unpaired) electrons. The van der Waals surface area contributed by atoms with E-state index in [1.807, 2.05) is 0 Å². The van der Waals surface area contributed by atoms with Crippen molar-refractivity contribution in [2.75, 3.05) is 6.61 Å². The van der Waals surface area contributed by atoms with Gasteiger partial charge in [-0.3, -0.25) is 0 Å². The molecule has 1 aromatic carbocycles. The fourth-order valence-electron chi connectivity index (χ4n) is 2.92. The summed E-state index contributed by atoms with van der Waals surface area (Å²) < 4.78 is 4.91. The van der Waals surface area contributed by atoms with Gasteiger partial charge in [-0.1, -0.05) is 64.8 Å². The Bertz CT molecular complexity index is 427. The number of unbranched alkanes of at least 4 members (excludes halogenated alkanes) is 1. The molecular formula is C18H31O3P. The standard InChI is InChI=1S/C18H31O3P/c1-5-6-10-15(11-9-14-21-22(19)20)16-12-7-8-13-17(16)18(2,3)4/h7-8,12-13,15,19-20H,5-6,9-11,14H2,1-4H3. The molecule has 0 saturated heterocycles. The Morgan fingerprint density at radius 3 is 2.32 bits per heavy atom. The van der Waals surface area contributed by atoms with E-state index in [4.69, 9.17) is 14.3 Å². The lowest BCUT2D eigenvalue weighted by Gasteiger charge is -2.28. The van der Waals surface area contributed by atoms with Gasteiger partial charge in [0.05, 0.1) is 6.61 Å². The van der Waals surface area contributed by atoms with Gasteiger partial charge in [0.25, 0.3) is 0 Å². The third-order valence-corrected chi connectivity index (χ3v) is 4.43. The van der Waals surface area contributed by atoms with Crippen LogP contribution in [0.15, 0.2) is 24.3 Å². The van der Waals surface area contributed by atoms with Gasteiger partial charge in [0.1, 0.15) is 0 Å². The summed E-state index contributed by atoms with van der Waals surface area (Å²) in [5, 5.41) is 0. The number of benzene rings is 1. The third kappa shape index (κ3) is 6.75. The van der Waals surface area contributed by atoms with E-state index in [1.54, 1.807) is 0 Å². The van der Waals surface area contributed by atoms with Gasteiger partial charge in [-0.2, -0.15) is 0 Å². The molecule has 1 atom stereocenters. The molecule has 0 aliphatic heterocycles. The van der Waals surface area contributed by atoms with Crippen molar-refractivity contribution >= 4 is 8.60 Å². The van der Waals surface area contributed by atoms with Crippen LogP contribution in [0.25, 0.3) is 0 Å². The highest BCUT2D eigenvalue weighted by Gasteiger charge is 2.22. The Balaban J connectivity index is 2.83. The van der Waals surface area contributed by atoms with E-state index in [0.717, 1.165) is 12.8 Å². The summed E-state index contributed by atoms with van der Waals surface area (Å²) in [4.78, 5) is 17.6. The molecule has 1 rings (SSSR count). The second kappa shape index (κ2) is 9.62. The average Bonchev–Trinajstić information content (AvgIpc) is 2.45. The highest BCUT2D eigenvalue weighted by Crippen LogP contribution is 2.35. The molecule has 0 aromatic heterocycles. The monoisotopic (exact) mass is 326 g/mol. The molecular weight excluding hydrogens is 295 g/mol. The van der Waals surface area contributed by atoms with Crippen molar-refractivity contribution in [2.45, 2.75) is 71.1 Å². The zero-order valence-corrected chi connectivity index (χ0v) is 15.3. The van der Waals surface area contributed by atoms with E-state index >= 15 is 0 Å². The molecule has 2 N–H and O–H groups in total. The van der Waals surface area contributed by atoms with Crippen LogP contribution >= 0.6 is 8.60 Å². The van der Waals surface area contributed by atoms with Crippen LogP contribution in [0.4, 0.5) is 0 Å². The number of rotatable bonds is 9.